The molecule has 0 aliphatic carbocycles. The second-order valence-corrected chi connectivity index (χ2v) is 8.01. The summed E-state index contributed by atoms with van der Waals surface area (Å²) in [7, 11) is 0. The summed E-state index contributed by atoms with van der Waals surface area (Å²) in [5.74, 6) is 0.695. The fourth-order valence-electron chi connectivity index (χ4n) is 4.05. The minimum Gasteiger partial charge on any atom is -0.345 e. The van der Waals surface area contributed by atoms with Crippen molar-refractivity contribution < 1.29 is 4.79 Å². The van der Waals surface area contributed by atoms with Crippen molar-refractivity contribution in [2.45, 2.75) is 45.7 Å². The van der Waals surface area contributed by atoms with Crippen LogP contribution in [-0.2, 0) is 6.54 Å². The highest BCUT2D eigenvalue weighted by Gasteiger charge is 2.18. The molecule has 1 amide bonds. The number of nitrogens with one attached hydrogen (secondary N) is 1. The normalized spacial score (nSPS) is 15.7. The van der Waals surface area contributed by atoms with E-state index in [2.05, 4.69) is 32.4 Å². The first-order valence-corrected chi connectivity index (χ1v) is 10.7. The van der Waals surface area contributed by atoms with Crippen LogP contribution in [0.3, 0.4) is 0 Å². The molecule has 30 heavy (non-hydrogen) atoms. The van der Waals surface area contributed by atoms with E-state index in [0.29, 0.717) is 5.56 Å². The van der Waals surface area contributed by atoms with Crippen molar-refractivity contribution in [1.82, 2.24) is 25.0 Å². The number of amides is 1. The van der Waals surface area contributed by atoms with Crippen LogP contribution in [0.25, 0.3) is 5.82 Å². The number of aromatic nitrogens is 3. The summed E-state index contributed by atoms with van der Waals surface area (Å²) in [6, 6.07) is 13.6. The predicted octanol–water partition coefficient (Wildman–Crippen LogP) is 4.05. The van der Waals surface area contributed by atoms with E-state index in [1.54, 1.807) is 17.1 Å². The lowest BCUT2D eigenvalue weighted by Crippen LogP contribution is -2.29. The second kappa shape index (κ2) is 9.22. The maximum atomic E-state index is 12.8. The fraction of sp³-hybridized carbons (Fsp3) is 0.375. The van der Waals surface area contributed by atoms with Gasteiger partial charge in [-0.3, -0.25) is 9.69 Å². The fourth-order valence-corrected chi connectivity index (χ4v) is 4.05. The monoisotopic (exact) mass is 403 g/mol. The summed E-state index contributed by atoms with van der Waals surface area (Å²) < 4.78 is 1.80. The average molecular weight is 404 g/mol. The lowest BCUT2D eigenvalue weighted by Gasteiger charge is -2.26. The van der Waals surface area contributed by atoms with Crippen LogP contribution in [0.15, 0.2) is 54.9 Å². The minimum absolute atomic E-state index is 0.0722. The van der Waals surface area contributed by atoms with E-state index in [4.69, 9.17) is 0 Å². The molecule has 156 valence electrons. The number of pyridine rings is 1. The lowest BCUT2D eigenvalue weighted by atomic mass is 10.1. The molecule has 1 saturated heterocycles. The van der Waals surface area contributed by atoms with Gasteiger partial charge in [0.05, 0.1) is 12.2 Å². The zero-order valence-electron chi connectivity index (χ0n) is 17.7. The predicted molar refractivity (Wildman–Crippen MR) is 118 cm³/mol. The molecule has 6 nitrogen and oxygen atoms in total. The topological polar surface area (TPSA) is 63.1 Å². The van der Waals surface area contributed by atoms with Crippen LogP contribution in [0.1, 0.15) is 59.4 Å². The van der Waals surface area contributed by atoms with Crippen molar-refractivity contribution in [2.24, 2.45) is 0 Å². The molecule has 1 N–H and O–H groups in total. The Labute approximate surface area is 177 Å². The van der Waals surface area contributed by atoms with Gasteiger partial charge in [0, 0.05) is 29.6 Å². The van der Waals surface area contributed by atoms with Crippen molar-refractivity contribution in [1.29, 1.82) is 0 Å². The first kappa shape index (κ1) is 20.3. The van der Waals surface area contributed by atoms with Crippen LogP contribution < -0.4 is 5.32 Å². The van der Waals surface area contributed by atoms with Crippen LogP contribution >= 0.6 is 0 Å². The van der Waals surface area contributed by atoms with Crippen molar-refractivity contribution >= 4 is 5.91 Å². The third-order valence-corrected chi connectivity index (χ3v) is 5.80. The lowest BCUT2D eigenvalue weighted by molar-refractivity contribution is 0.0940. The highest BCUT2D eigenvalue weighted by atomic mass is 16.1. The van der Waals surface area contributed by atoms with Gasteiger partial charge < -0.3 is 5.32 Å². The number of hydrogen-bond donors (Lipinski definition) is 1. The summed E-state index contributed by atoms with van der Waals surface area (Å²) in [4.78, 5) is 19.6. The zero-order chi connectivity index (χ0) is 20.9. The molecule has 3 aromatic rings. The van der Waals surface area contributed by atoms with Crippen LogP contribution in [0, 0.1) is 6.92 Å². The molecule has 1 aromatic carbocycles. The largest absolute Gasteiger partial charge is 0.345 e. The van der Waals surface area contributed by atoms with Crippen LogP contribution in [-0.4, -0.2) is 38.7 Å². The van der Waals surface area contributed by atoms with Crippen molar-refractivity contribution in [3.63, 3.8) is 0 Å². The van der Waals surface area contributed by atoms with Gasteiger partial charge in [-0.15, -0.1) is 0 Å². The van der Waals surface area contributed by atoms with E-state index in [-0.39, 0.29) is 11.9 Å². The Morgan fingerprint density at radius 2 is 1.87 bits per heavy atom. The molecule has 1 atom stereocenters. The summed E-state index contributed by atoms with van der Waals surface area (Å²) in [6.07, 6.45) is 7.46. The number of nitrogens with zero attached hydrogens (tertiary/aromatic N) is 4. The first-order chi connectivity index (χ1) is 14.6. The Morgan fingerprint density at radius 3 is 2.57 bits per heavy atom. The Hall–Kier alpha value is -2.99. The van der Waals surface area contributed by atoms with Gasteiger partial charge >= 0.3 is 0 Å². The summed E-state index contributed by atoms with van der Waals surface area (Å²) in [5, 5.41) is 7.55. The summed E-state index contributed by atoms with van der Waals surface area (Å²) in [5.41, 5.74) is 3.89. The first-order valence-electron chi connectivity index (χ1n) is 10.7. The average Bonchev–Trinajstić information content (AvgIpc) is 3.17. The Bertz CT molecular complexity index is 975. The van der Waals surface area contributed by atoms with Crippen molar-refractivity contribution in [3.05, 3.63) is 77.2 Å². The molecule has 0 spiro atoms. The van der Waals surface area contributed by atoms with Gasteiger partial charge in [0.2, 0.25) is 0 Å². The minimum atomic E-state index is -0.150. The molecular weight excluding hydrogens is 374 g/mol. The molecule has 0 bridgehead atoms. The Morgan fingerprint density at radius 1 is 1.10 bits per heavy atom. The molecular formula is C24H29N5O. The van der Waals surface area contributed by atoms with E-state index in [9.17, 15) is 4.79 Å². The second-order valence-electron chi connectivity index (χ2n) is 8.01. The van der Waals surface area contributed by atoms with Gasteiger partial charge in [-0.2, -0.15) is 5.10 Å². The zero-order valence-corrected chi connectivity index (χ0v) is 17.7. The molecule has 1 aliphatic heterocycles. The third kappa shape index (κ3) is 4.60. The molecule has 4 rings (SSSR count). The SMILES string of the molecule is Cc1c(C(C)NC(=O)c2ccc(CN3CCCCC3)cc2)cnn1-c1ccccn1. The van der Waals surface area contributed by atoms with Crippen molar-refractivity contribution in [2.75, 3.05) is 13.1 Å². The highest BCUT2D eigenvalue weighted by Crippen LogP contribution is 2.20. The standard InChI is InChI=1S/C24H29N5O/c1-18(22-16-26-29(19(22)2)23-8-4-5-13-25-23)27-24(30)21-11-9-20(10-12-21)17-28-14-6-3-7-15-28/h4-5,8-13,16,18H,3,6-7,14-15,17H2,1-2H3,(H,27,30). The van der Waals surface area contributed by atoms with E-state index >= 15 is 0 Å². The molecule has 0 saturated carbocycles. The maximum absolute atomic E-state index is 12.8. The Kier molecular flexibility index (Phi) is 6.23. The molecule has 1 unspecified atom stereocenters. The molecule has 1 aliphatic rings. The smallest absolute Gasteiger partial charge is 0.251 e. The number of piperidine rings is 1. The van der Waals surface area contributed by atoms with E-state index in [0.717, 1.165) is 23.6 Å². The van der Waals surface area contributed by atoms with E-state index in [1.807, 2.05) is 44.2 Å². The molecule has 1 fully saturated rings. The highest BCUT2D eigenvalue weighted by molar-refractivity contribution is 5.94. The van der Waals surface area contributed by atoms with Gasteiger partial charge in [-0.05, 0) is 69.6 Å². The summed E-state index contributed by atoms with van der Waals surface area (Å²) in [6.45, 7) is 7.28. The molecule has 3 heterocycles. The number of likely N-dealkylation sites (tertiary alicyclic amines) is 1. The van der Waals surface area contributed by atoms with Gasteiger partial charge in [0.25, 0.3) is 5.91 Å². The number of carbonyl (C=O) groups is 1. The molecule has 2 aromatic heterocycles. The molecule has 0 radical (unpaired) electrons. The van der Waals surface area contributed by atoms with Gasteiger partial charge in [-0.25, -0.2) is 9.67 Å². The van der Waals surface area contributed by atoms with E-state index in [1.165, 1.54) is 37.9 Å². The van der Waals surface area contributed by atoms with Gasteiger partial charge in [0.1, 0.15) is 0 Å². The maximum Gasteiger partial charge on any atom is 0.251 e. The van der Waals surface area contributed by atoms with Crippen molar-refractivity contribution in [3.8, 4) is 5.82 Å². The Balaban J connectivity index is 1.39. The molecule has 6 heteroatoms. The number of hydrogen-bond acceptors (Lipinski definition) is 4. The van der Waals surface area contributed by atoms with Gasteiger partial charge in [0.15, 0.2) is 5.82 Å². The van der Waals surface area contributed by atoms with Gasteiger partial charge in [-0.1, -0.05) is 24.6 Å². The summed E-state index contributed by atoms with van der Waals surface area (Å²) >= 11 is 0. The van der Waals surface area contributed by atoms with E-state index < -0.39 is 0 Å². The number of benzene rings is 1. The van der Waals surface area contributed by atoms with Crippen LogP contribution in [0.4, 0.5) is 0 Å². The number of carbonyl (C=O) groups excluding carboxylic acids is 1. The van der Waals surface area contributed by atoms with Crippen LogP contribution in [0.2, 0.25) is 0 Å². The quantitative estimate of drug-likeness (QED) is 0.674. The third-order valence-electron chi connectivity index (χ3n) is 5.80. The number of rotatable bonds is 6. The van der Waals surface area contributed by atoms with Crippen LogP contribution in [0.5, 0.6) is 0 Å².